The van der Waals surface area contributed by atoms with Crippen LogP contribution < -0.4 is 9.47 Å². The Morgan fingerprint density at radius 3 is 2.50 bits per heavy atom. The molecule has 0 radical (unpaired) electrons. The van der Waals surface area contributed by atoms with E-state index < -0.39 is 0 Å². The van der Waals surface area contributed by atoms with E-state index in [-0.39, 0.29) is 12.5 Å². The van der Waals surface area contributed by atoms with Gasteiger partial charge >= 0.3 is 0 Å². The van der Waals surface area contributed by atoms with Crippen LogP contribution in [0.5, 0.6) is 11.5 Å². The first-order valence-corrected chi connectivity index (χ1v) is 8.96. The molecule has 3 rings (SSSR count). The average Bonchev–Trinajstić information content (AvgIpc) is 3.15. The van der Waals surface area contributed by atoms with Crippen molar-refractivity contribution < 1.29 is 14.3 Å². The van der Waals surface area contributed by atoms with Crippen LogP contribution in [0.1, 0.15) is 31.2 Å². The number of piperazine rings is 1. The second-order valence-electron chi connectivity index (χ2n) is 6.80. The molecule has 0 N–H and O–H groups in total. The van der Waals surface area contributed by atoms with Crippen molar-refractivity contribution in [2.75, 3.05) is 39.9 Å². The van der Waals surface area contributed by atoms with Crippen LogP contribution in [0.3, 0.4) is 0 Å². The zero-order valence-electron chi connectivity index (χ0n) is 14.8. The minimum Gasteiger partial charge on any atom is -0.493 e. The number of amides is 1. The number of methoxy groups -OCH3 is 1. The van der Waals surface area contributed by atoms with Gasteiger partial charge in [0.1, 0.15) is 0 Å². The first-order valence-electron chi connectivity index (χ1n) is 8.96. The maximum atomic E-state index is 12.4. The predicted molar refractivity (Wildman–Crippen MR) is 93.6 cm³/mol. The first kappa shape index (κ1) is 17.1. The number of nitrogens with zero attached hydrogens (tertiary/aromatic N) is 2. The predicted octanol–water partition coefficient (Wildman–Crippen LogP) is 2.47. The second kappa shape index (κ2) is 7.88. The molecule has 5 nitrogen and oxygen atoms in total. The molecule has 0 atom stereocenters. The molecule has 1 aliphatic heterocycles. The Balaban J connectivity index is 1.47. The molecule has 24 heavy (non-hydrogen) atoms. The molecule has 0 aromatic heterocycles. The van der Waals surface area contributed by atoms with Crippen LogP contribution in [0, 0.1) is 6.92 Å². The van der Waals surface area contributed by atoms with E-state index in [1.165, 1.54) is 25.7 Å². The summed E-state index contributed by atoms with van der Waals surface area (Å²) in [6.07, 6.45) is 5.36. The third kappa shape index (κ3) is 4.01. The maximum Gasteiger partial charge on any atom is 0.260 e. The molecule has 5 heteroatoms. The van der Waals surface area contributed by atoms with Gasteiger partial charge in [-0.1, -0.05) is 18.9 Å². The maximum absolute atomic E-state index is 12.4. The van der Waals surface area contributed by atoms with Crippen LogP contribution in [-0.4, -0.2) is 61.6 Å². The van der Waals surface area contributed by atoms with Gasteiger partial charge < -0.3 is 14.4 Å². The van der Waals surface area contributed by atoms with E-state index in [1.807, 2.05) is 30.0 Å². The molecular formula is C19H28N2O3. The highest BCUT2D eigenvalue weighted by Crippen LogP contribution is 2.28. The molecule has 1 aromatic carbocycles. The molecule has 0 spiro atoms. The van der Waals surface area contributed by atoms with Crippen LogP contribution in [0.25, 0.3) is 0 Å². The number of aryl methyl sites for hydroxylation is 1. The zero-order valence-corrected chi connectivity index (χ0v) is 14.8. The van der Waals surface area contributed by atoms with Gasteiger partial charge in [-0.05, 0) is 37.5 Å². The normalized spacial score (nSPS) is 19.5. The quantitative estimate of drug-likeness (QED) is 0.831. The van der Waals surface area contributed by atoms with Crippen molar-refractivity contribution in [1.29, 1.82) is 0 Å². The van der Waals surface area contributed by atoms with Crippen molar-refractivity contribution in [1.82, 2.24) is 9.80 Å². The Kier molecular flexibility index (Phi) is 5.61. The fourth-order valence-electron chi connectivity index (χ4n) is 3.73. The highest BCUT2D eigenvalue weighted by Gasteiger charge is 2.27. The molecule has 1 amide bonds. The van der Waals surface area contributed by atoms with Crippen molar-refractivity contribution >= 4 is 5.91 Å². The van der Waals surface area contributed by atoms with Gasteiger partial charge in [-0.25, -0.2) is 0 Å². The largest absolute Gasteiger partial charge is 0.493 e. The topological polar surface area (TPSA) is 42.0 Å². The number of rotatable bonds is 5. The van der Waals surface area contributed by atoms with Crippen LogP contribution >= 0.6 is 0 Å². The summed E-state index contributed by atoms with van der Waals surface area (Å²) in [6.45, 7) is 5.67. The number of benzene rings is 1. The Morgan fingerprint density at radius 1 is 1.12 bits per heavy atom. The summed E-state index contributed by atoms with van der Waals surface area (Å²) in [4.78, 5) is 16.9. The Bertz CT molecular complexity index is 562. The molecule has 2 fully saturated rings. The number of carbonyl (C=O) groups is 1. The summed E-state index contributed by atoms with van der Waals surface area (Å²) in [5.74, 6) is 1.36. The summed E-state index contributed by atoms with van der Waals surface area (Å²) < 4.78 is 11.0. The van der Waals surface area contributed by atoms with Gasteiger partial charge in [-0.2, -0.15) is 0 Å². The van der Waals surface area contributed by atoms with Gasteiger partial charge in [0.25, 0.3) is 5.91 Å². The van der Waals surface area contributed by atoms with E-state index in [9.17, 15) is 4.79 Å². The Morgan fingerprint density at radius 2 is 1.83 bits per heavy atom. The van der Waals surface area contributed by atoms with Gasteiger partial charge in [0.05, 0.1) is 7.11 Å². The minimum absolute atomic E-state index is 0.0590. The molecular weight excluding hydrogens is 304 g/mol. The molecule has 0 bridgehead atoms. The van der Waals surface area contributed by atoms with Crippen molar-refractivity contribution in [3.63, 3.8) is 0 Å². The van der Waals surface area contributed by atoms with E-state index in [0.29, 0.717) is 11.5 Å². The highest BCUT2D eigenvalue weighted by molar-refractivity contribution is 5.78. The van der Waals surface area contributed by atoms with Crippen LogP contribution in [-0.2, 0) is 4.79 Å². The van der Waals surface area contributed by atoms with Gasteiger partial charge in [-0.3, -0.25) is 9.69 Å². The molecule has 1 saturated carbocycles. The lowest BCUT2D eigenvalue weighted by Gasteiger charge is -2.38. The molecule has 1 aliphatic carbocycles. The first-order chi connectivity index (χ1) is 11.7. The molecule has 2 aliphatic rings. The second-order valence-corrected chi connectivity index (χ2v) is 6.80. The van der Waals surface area contributed by atoms with Crippen LogP contribution in [0.2, 0.25) is 0 Å². The summed E-state index contributed by atoms with van der Waals surface area (Å²) in [6, 6.07) is 6.48. The van der Waals surface area contributed by atoms with E-state index >= 15 is 0 Å². The highest BCUT2D eigenvalue weighted by atomic mass is 16.5. The molecule has 1 heterocycles. The standard InChI is InChI=1S/C19H28N2O3/c1-15-7-8-17(18(13-15)23-2)24-14-19(22)21-11-9-20(10-12-21)16-5-3-4-6-16/h7-8,13,16H,3-6,9-12,14H2,1-2H3. The van der Waals surface area contributed by atoms with Gasteiger partial charge in [0.15, 0.2) is 18.1 Å². The van der Waals surface area contributed by atoms with Crippen molar-refractivity contribution in [3.05, 3.63) is 23.8 Å². The monoisotopic (exact) mass is 332 g/mol. The van der Waals surface area contributed by atoms with Crippen LogP contribution in [0.15, 0.2) is 18.2 Å². The lowest BCUT2D eigenvalue weighted by Crippen LogP contribution is -2.52. The zero-order chi connectivity index (χ0) is 16.9. The van der Waals surface area contributed by atoms with Crippen molar-refractivity contribution in [3.8, 4) is 11.5 Å². The summed E-state index contributed by atoms with van der Waals surface area (Å²) in [7, 11) is 1.62. The number of hydrogen-bond acceptors (Lipinski definition) is 4. The third-order valence-electron chi connectivity index (χ3n) is 5.18. The van der Waals surface area contributed by atoms with Gasteiger partial charge in [0.2, 0.25) is 0 Å². The van der Waals surface area contributed by atoms with Crippen LogP contribution in [0.4, 0.5) is 0 Å². The Hall–Kier alpha value is -1.75. The lowest BCUT2D eigenvalue weighted by atomic mass is 10.2. The number of ether oxygens (including phenoxy) is 2. The molecule has 1 aromatic rings. The smallest absolute Gasteiger partial charge is 0.260 e. The van der Waals surface area contributed by atoms with Gasteiger partial charge in [-0.15, -0.1) is 0 Å². The van der Waals surface area contributed by atoms with Gasteiger partial charge in [0, 0.05) is 32.2 Å². The lowest BCUT2D eigenvalue weighted by molar-refractivity contribution is -0.135. The fraction of sp³-hybridized carbons (Fsp3) is 0.632. The summed E-state index contributed by atoms with van der Waals surface area (Å²) >= 11 is 0. The fourth-order valence-corrected chi connectivity index (χ4v) is 3.73. The van der Waals surface area contributed by atoms with Crippen molar-refractivity contribution in [2.45, 2.75) is 38.6 Å². The average molecular weight is 332 g/mol. The Labute approximate surface area is 144 Å². The molecule has 132 valence electrons. The number of hydrogen-bond donors (Lipinski definition) is 0. The number of carbonyl (C=O) groups excluding carboxylic acids is 1. The van der Waals surface area contributed by atoms with E-state index in [0.717, 1.165) is 37.8 Å². The SMILES string of the molecule is COc1cc(C)ccc1OCC(=O)N1CCN(C2CCCC2)CC1. The molecule has 0 unspecified atom stereocenters. The van der Waals surface area contributed by atoms with E-state index in [2.05, 4.69) is 4.90 Å². The third-order valence-corrected chi connectivity index (χ3v) is 5.18. The van der Waals surface area contributed by atoms with E-state index in [1.54, 1.807) is 7.11 Å². The summed E-state index contributed by atoms with van der Waals surface area (Å²) in [5.41, 5.74) is 1.11. The molecule has 1 saturated heterocycles. The van der Waals surface area contributed by atoms with E-state index in [4.69, 9.17) is 9.47 Å². The summed E-state index contributed by atoms with van der Waals surface area (Å²) in [5, 5.41) is 0. The van der Waals surface area contributed by atoms with Crippen molar-refractivity contribution in [2.24, 2.45) is 0 Å². The minimum atomic E-state index is 0.0590.